The second-order valence-electron chi connectivity index (χ2n) is 4.99. The maximum atomic E-state index is 5.50. The fourth-order valence-electron chi connectivity index (χ4n) is 1.78. The third kappa shape index (κ3) is 3.05. The monoisotopic (exact) mass is 276 g/mol. The predicted octanol–water partition coefficient (Wildman–Crippen LogP) is 2.10. The molecule has 0 saturated heterocycles. The van der Waals surface area contributed by atoms with Crippen molar-refractivity contribution in [2.75, 3.05) is 10.7 Å². The summed E-state index contributed by atoms with van der Waals surface area (Å²) in [5.74, 6) is 8.58. The van der Waals surface area contributed by atoms with Crippen molar-refractivity contribution in [3.05, 3.63) is 28.9 Å². The van der Waals surface area contributed by atoms with Crippen LogP contribution in [0.3, 0.4) is 0 Å². The zero-order chi connectivity index (χ0) is 14.7. The van der Waals surface area contributed by atoms with Crippen molar-refractivity contribution in [1.82, 2.24) is 15.1 Å². The van der Waals surface area contributed by atoms with E-state index < -0.39 is 0 Å². The fraction of sp³-hybridized carbons (Fsp3) is 0.462. The Labute approximate surface area is 117 Å². The zero-order valence-electron chi connectivity index (χ0n) is 12.2. The van der Waals surface area contributed by atoms with Gasteiger partial charge in [-0.15, -0.1) is 0 Å². The number of hydrogen-bond acceptors (Lipinski definition) is 7. The quantitative estimate of drug-likeness (QED) is 0.567. The highest BCUT2D eigenvalue weighted by Gasteiger charge is 2.13. The van der Waals surface area contributed by atoms with Crippen LogP contribution in [0.15, 0.2) is 10.6 Å². The fourth-order valence-corrected chi connectivity index (χ4v) is 1.78. The molecule has 0 aromatic carbocycles. The molecule has 0 atom stereocenters. The molecule has 2 aromatic heterocycles. The van der Waals surface area contributed by atoms with Crippen molar-refractivity contribution in [2.24, 2.45) is 5.84 Å². The first-order chi connectivity index (χ1) is 9.51. The minimum absolute atomic E-state index is 0.218. The Morgan fingerprint density at radius 1 is 1.25 bits per heavy atom. The van der Waals surface area contributed by atoms with Gasteiger partial charge < -0.3 is 15.3 Å². The van der Waals surface area contributed by atoms with E-state index in [1.54, 1.807) is 0 Å². The second kappa shape index (κ2) is 5.87. The van der Waals surface area contributed by atoms with Gasteiger partial charge in [-0.25, -0.2) is 15.8 Å². The van der Waals surface area contributed by atoms with Gasteiger partial charge in [0.05, 0.1) is 12.2 Å². The average Bonchev–Trinajstić information content (AvgIpc) is 2.83. The van der Waals surface area contributed by atoms with Gasteiger partial charge in [0.2, 0.25) is 0 Å². The van der Waals surface area contributed by atoms with Crippen molar-refractivity contribution in [3.63, 3.8) is 0 Å². The summed E-state index contributed by atoms with van der Waals surface area (Å²) in [7, 11) is 0. The van der Waals surface area contributed by atoms with Gasteiger partial charge >= 0.3 is 0 Å². The standard InChI is InChI=1S/C13H20N6O/c1-7(2)11-16-12(9(4)13(17-11)18-14)15-6-10-5-8(3)19-20-10/h5,7H,6,14H2,1-4H3,(H2,15,16,17,18). The highest BCUT2D eigenvalue weighted by molar-refractivity contribution is 5.56. The van der Waals surface area contributed by atoms with Gasteiger partial charge in [-0.05, 0) is 13.8 Å². The second-order valence-corrected chi connectivity index (χ2v) is 4.99. The lowest BCUT2D eigenvalue weighted by Crippen LogP contribution is -2.15. The summed E-state index contributed by atoms with van der Waals surface area (Å²) in [6.45, 7) is 8.38. The third-order valence-corrected chi connectivity index (χ3v) is 2.92. The van der Waals surface area contributed by atoms with Crippen LogP contribution < -0.4 is 16.6 Å². The molecule has 7 nitrogen and oxygen atoms in total. The largest absolute Gasteiger partial charge is 0.362 e. The lowest BCUT2D eigenvalue weighted by Gasteiger charge is -2.14. The Bertz CT molecular complexity index is 593. The summed E-state index contributed by atoms with van der Waals surface area (Å²) in [6, 6.07) is 1.88. The van der Waals surface area contributed by atoms with E-state index in [9.17, 15) is 0 Å². The van der Waals surface area contributed by atoms with Crippen LogP contribution in [-0.2, 0) is 6.54 Å². The van der Waals surface area contributed by atoms with Gasteiger partial charge in [0, 0.05) is 17.5 Å². The molecule has 0 radical (unpaired) electrons. The number of anilines is 2. The van der Waals surface area contributed by atoms with Crippen molar-refractivity contribution >= 4 is 11.6 Å². The molecule has 0 aliphatic carbocycles. The molecule has 2 rings (SSSR count). The van der Waals surface area contributed by atoms with Gasteiger partial charge in [0.1, 0.15) is 17.5 Å². The Morgan fingerprint density at radius 2 is 1.95 bits per heavy atom. The van der Waals surface area contributed by atoms with Crippen LogP contribution in [0.1, 0.15) is 42.6 Å². The molecule has 108 valence electrons. The molecule has 0 saturated carbocycles. The molecule has 0 aliphatic heterocycles. The molecule has 0 spiro atoms. The van der Waals surface area contributed by atoms with Gasteiger partial charge in [-0.1, -0.05) is 19.0 Å². The molecule has 0 unspecified atom stereocenters. The summed E-state index contributed by atoms with van der Waals surface area (Å²) in [4.78, 5) is 8.91. The summed E-state index contributed by atoms with van der Waals surface area (Å²) in [5, 5.41) is 7.08. The first-order valence-corrected chi connectivity index (χ1v) is 6.52. The molecule has 2 aromatic rings. The van der Waals surface area contributed by atoms with Gasteiger partial charge in [0.15, 0.2) is 5.76 Å². The summed E-state index contributed by atoms with van der Waals surface area (Å²) in [5.41, 5.74) is 4.33. The van der Waals surface area contributed by atoms with E-state index in [0.29, 0.717) is 12.4 Å². The zero-order valence-corrected chi connectivity index (χ0v) is 12.2. The van der Waals surface area contributed by atoms with Crippen LogP contribution in [0.4, 0.5) is 11.6 Å². The van der Waals surface area contributed by atoms with Gasteiger partial charge in [0.25, 0.3) is 0 Å². The van der Waals surface area contributed by atoms with Crippen molar-refractivity contribution < 1.29 is 4.52 Å². The topological polar surface area (TPSA) is 102 Å². The van der Waals surface area contributed by atoms with Crippen LogP contribution in [0.2, 0.25) is 0 Å². The van der Waals surface area contributed by atoms with Gasteiger partial charge in [-0.3, -0.25) is 0 Å². The van der Waals surface area contributed by atoms with E-state index in [1.807, 2.05) is 33.8 Å². The lowest BCUT2D eigenvalue weighted by molar-refractivity contribution is 0.384. The van der Waals surface area contributed by atoms with Crippen LogP contribution in [0.25, 0.3) is 0 Å². The number of hydrazine groups is 1. The van der Waals surface area contributed by atoms with E-state index in [-0.39, 0.29) is 5.92 Å². The van der Waals surface area contributed by atoms with E-state index >= 15 is 0 Å². The Hall–Kier alpha value is -2.15. The number of aryl methyl sites for hydroxylation is 1. The van der Waals surface area contributed by atoms with Crippen molar-refractivity contribution in [1.29, 1.82) is 0 Å². The highest BCUT2D eigenvalue weighted by atomic mass is 16.5. The van der Waals surface area contributed by atoms with Crippen LogP contribution in [0.5, 0.6) is 0 Å². The molecule has 4 N–H and O–H groups in total. The van der Waals surface area contributed by atoms with Crippen molar-refractivity contribution in [3.8, 4) is 0 Å². The predicted molar refractivity (Wildman–Crippen MR) is 77.2 cm³/mol. The molecule has 2 heterocycles. The molecule has 7 heteroatoms. The minimum atomic E-state index is 0.218. The minimum Gasteiger partial charge on any atom is -0.362 e. The van der Waals surface area contributed by atoms with Crippen LogP contribution >= 0.6 is 0 Å². The van der Waals surface area contributed by atoms with Gasteiger partial charge in [-0.2, -0.15) is 0 Å². The molecule has 0 amide bonds. The summed E-state index contributed by atoms with van der Waals surface area (Å²) in [6.07, 6.45) is 0. The third-order valence-electron chi connectivity index (χ3n) is 2.92. The van der Waals surface area contributed by atoms with Crippen molar-refractivity contribution in [2.45, 2.75) is 40.2 Å². The number of nitrogens with one attached hydrogen (secondary N) is 2. The van der Waals surface area contributed by atoms with Crippen LogP contribution in [0, 0.1) is 13.8 Å². The normalized spacial score (nSPS) is 10.9. The lowest BCUT2D eigenvalue weighted by atomic mass is 10.2. The number of hydrogen-bond donors (Lipinski definition) is 3. The SMILES string of the molecule is Cc1cc(CNc2nc(C(C)C)nc(NN)c2C)on1. The number of nitrogen functional groups attached to an aromatic ring is 1. The summed E-state index contributed by atoms with van der Waals surface area (Å²) < 4.78 is 5.16. The average molecular weight is 276 g/mol. The van der Waals surface area contributed by atoms with E-state index in [2.05, 4.69) is 25.9 Å². The first-order valence-electron chi connectivity index (χ1n) is 6.52. The molecule has 0 aliphatic rings. The van der Waals surface area contributed by atoms with E-state index in [1.165, 1.54) is 0 Å². The van der Waals surface area contributed by atoms with E-state index in [0.717, 1.165) is 28.7 Å². The summed E-state index contributed by atoms with van der Waals surface area (Å²) >= 11 is 0. The highest BCUT2D eigenvalue weighted by Crippen LogP contribution is 2.23. The molecular formula is C13H20N6O. The maximum Gasteiger partial charge on any atom is 0.156 e. The molecule has 0 bridgehead atoms. The first kappa shape index (κ1) is 14.3. The maximum absolute atomic E-state index is 5.50. The molecular weight excluding hydrogens is 256 g/mol. The molecule has 20 heavy (non-hydrogen) atoms. The number of rotatable bonds is 5. The number of nitrogens with zero attached hydrogens (tertiary/aromatic N) is 3. The van der Waals surface area contributed by atoms with Crippen LogP contribution in [-0.4, -0.2) is 15.1 Å². The Morgan fingerprint density at radius 3 is 2.50 bits per heavy atom. The number of nitrogens with two attached hydrogens (primary N) is 1. The Balaban J connectivity index is 2.23. The molecule has 0 fully saturated rings. The Kier molecular flexibility index (Phi) is 4.19. The van der Waals surface area contributed by atoms with E-state index in [4.69, 9.17) is 10.4 Å². The number of aromatic nitrogens is 3. The smallest absolute Gasteiger partial charge is 0.156 e.